The number of nitrogens with zero attached hydrogens (tertiary/aromatic N) is 3. The van der Waals surface area contributed by atoms with Gasteiger partial charge in [-0.05, 0) is 68.5 Å². The second kappa shape index (κ2) is 8.91. The molecular weight excluding hydrogens is 430 g/mol. The van der Waals surface area contributed by atoms with Crippen LogP contribution in [0.25, 0.3) is 10.9 Å². The van der Waals surface area contributed by atoms with Gasteiger partial charge in [0.1, 0.15) is 12.3 Å². The highest BCUT2D eigenvalue weighted by atomic mass is 32.2. The molecule has 1 aromatic carbocycles. The summed E-state index contributed by atoms with van der Waals surface area (Å²) in [5.74, 6) is -0.115. The zero-order valence-electron chi connectivity index (χ0n) is 18.1. The first kappa shape index (κ1) is 22.3. The van der Waals surface area contributed by atoms with E-state index in [1.165, 1.54) is 4.31 Å². The topological polar surface area (TPSA) is 102 Å². The monoisotopic (exact) mass is 457 g/mol. The molecule has 1 fully saturated rings. The van der Waals surface area contributed by atoms with Crippen LogP contribution in [-0.4, -0.2) is 52.5 Å². The molecule has 9 heteroatoms. The first-order chi connectivity index (χ1) is 15.2. The van der Waals surface area contributed by atoms with Crippen LogP contribution < -0.4 is 4.74 Å². The Hall–Kier alpha value is -2.91. The summed E-state index contributed by atoms with van der Waals surface area (Å²) in [4.78, 5) is 15.6. The van der Waals surface area contributed by atoms with E-state index in [4.69, 9.17) is 4.74 Å². The van der Waals surface area contributed by atoms with Crippen molar-refractivity contribution in [1.29, 1.82) is 0 Å². The van der Waals surface area contributed by atoms with Crippen molar-refractivity contribution in [1.82, 2.24) is 13.9 Å². The van der Waals surface area contributed by atoms with Gasteiger partial charge in [0.2, 0.25) is 10.0 Å². The number of carboxylic acid groups (broad SMARTS) is 1. The molecule has 0 radical (unpaired) electrons. The number of pyridine rings is 1. The van der Waals surface area contributed by atoms with Crippen LogP contribution >= 0.6 is 0 Å². The van der Waals surface area contributed by atoms with Crippen LogP contribution in [0.3, 0.4) is 0 Å². The highest BCUT2D eigenvalue weighted by Crippen LogP contribution is 2.30. The molecule has 1 aliphatic rings. The molecule has 2 aromatic heterocycles. The van der Waals surface area contributed by atoms with E-state index < -0.39 is 16.0 Å². The van der Waals surface area contributed by atoms with Crippen LogP contribution in [-0.2, 0) is 27.8 Å². The summed E-state index contributed by atoms with van der Waals surface area (Å²) in [6, 6.07) is 8.44. The Morgan fingerprint density at radius 3 is 2.69 bits per heavy atom. The fourth-order valence-electron chi connectivity index (χ4n) is 4.26. The van der Waals surface area contributed by atoms with Crippen molar-refractivity contribution in [2.45, 2.75) is 44.2 Å². The number of hydrogen-bond acceptors (Lipinski definition) is 5. The Morgan fingerprint density at radius 2 is 2.00 bits per heavy atom. The zero-order valence-corrected chi connectivity index (χ0v) is 19.0. The number of carbonyl (C=O) groups is 1. The number of sulfonamides is 1. The van der Waals surface area contributed by atoms with E-state index in [9.17, 15) is 18.3 Å². The molecule has 3 heterocycles. The minimum atomic E-state index is -3.58. The number of ether oxygens (including phenoxy) is 1. The molecule has 0 aliphatic carbocycles. The smallest absolute Gasteiger partial charge is 0.323 e. The van der Waals surface area contributed by atoms with Crippen molar-refractivity contribution in [3.05, 3.63) is 54.5 Å². The lowest BCUT2D eigenvalue weighted by Gasteiger charge is -2.17. The maximum absolute atomic E-state index is 13.1. The molecule has 1 unspecified atom stereocenters. The summed E-state index contributed by atoms with van der Waals surface area (Å²) >= 11 is 0. The van der Waals surface area contributed by atoms with Gasteiger partial charge in [0.25, 0.3) is 0 Å². The predicted molar refractivity (Wildman–Crippen MR) is 120 cm³/mol. The molecule has 3 aromatic rings. The lowest BCUT2D eigenvalue weighted by molar-refractivity contribution is -0.137. The van der Waals surface area contributed by atoms with Gasteiger partial charge in [0, 0.05) is 30.9 Å². The van der Waals surface area contributed by atoms with Crippen molar-refractivity contribution < 1.29 is 23.1 Å². The fourth-order valence-corrected chi connectivity index (χ4v) is 5.79. The number of carboxylic acids is 1. The Kier molecular flexibility index (Phi) is 6.21. The summed E-state index contributed by atoms with van der Waals surface area (Å²) in [6.45, 7) is 4.61. The third kappa shape index (κ3) is 4.63. The average Bonchev–Trinajstić information content (AvgIpc) is 3.34. The highest BCUT2D eigenvalue weighted by molar-refractivity contribution is 7.89. The molecule has 1 saturated heterocycles. The zero-order chi connectivity index (χ0) is 22.9. The van der Waals surface area contributed by atoms with Gasteiger partial charge in [-0.3, -0.25) is 9.78 Å². The molecule has 1 N–H and O–H groups in total. The van der Waals surface area contributed by atoms with Crippen molar-refractivity contribution in [3.8, 4) is 5.75 Å². The van der Waals surface area contributed by atoms with Gasteiger partial charge in [-0.1, -0.05) is 0 Å². The summed E-state index contributed by atoms with van der Waals surface area (Å²) in [5, 5.41) is 10.2. The van der Waals surface area contributed by atoms with Crippen LogP contribution in [0.5, 0.6) is 5.75 Å². The highest BCUT2D eigenvalue weighted by Gasteiger charge is 2.33. The van der Waals surface area contributed by atoms with Crippen LogP contribution in [0.4, 0.5) is 0 Å². The minimum Gasteiger partial charge on any atom is -0.491 e. The second-order valence-corrected chi connectivity index (χ2v) is 10.4. The molecule has 1 atom stereocenters. The van der Waals surface area contributed by atoms with Crippen LogP contribution in [0, 0.1) is 5.92 Å². The van der Waals surface area contributed by atoms with Crippen LogP contribution in [0.1, 0.15) is 25.8 Å². The van der Waals surface area contributed by atoms with Gasteiger partial charge in [0.15, 0.2) is 0 Å². The fraction of sp³-hybridized carbons (Fsp3) is 0.391. The number of aliphatic carboxylic acids is 1. The Morgan fingerprint density at radius 1 is 1.25 bits per heavy atom. The number of rotatable bonds is 8. The van der Waals surface area contributed by atoms with Crippen LogP contribution in [0.15, 0.2) is 53.8 Å². The summed E-state index contributed by atoms with van der Waals surface area (Å²) in [6.07, 6.45) is 6.67. The van der Waals surface area contributed by atoms with Crippen LogP contribution in [0.2, 0.25) is 0 Å². The third-order valence-corrected chi connectivity index (χ3v) is 7.54. The molecule has 32 heavy (non-hydrogen) atoms. The molecule has 0 amide bonds. The molecule has 1 aliphatic heterocycles. The average molecular weight is 458 g/mol. The first-order valence-corrected chi connectivity index (χ1v) is 12.1. The molecular formula is C23H27N3O5S. The largest absolute Gasteiger partial charge is 0.491 e. The van der Waals surface area contributed by atoms with E-state index >= 15 is 0 Å². The van der Waals surface area contributed by atoms with E-state index in [1.807, 2.05) is 26.1 Å². The predicted octanol–water partition coefficient (Wildman–Crippen LogP) is 3.16. The van der Waals surface area contributed by atoms with Gasteiger partial charge in [-0.15, -0.1) is 0 Å². The summed E-state index contributed by atoms with van der Waals surface area (Å²) in [5.41, 5.74) is 1.79. The maximum Gasteiger partial charge on any atom is 0.323 e. The number of hydrogen-bond donors (Lipinski definition) is 1. The SMILES string of the molecule is CC(C)Oc1ccc(S(=O)(=O)N2CCC(Cc3cn(CC(=O)O)c4cnccc34)C2)cc1. The first-order valence-electron chi connectivity index (χ1n) is 10.6. The number of fused-ring (bicyclic) bond motifs is 1. The maximum atomic E-state index is 13.1. The second-order valence-electron chi connectivity index (χ2n) is 8.43. The lowest BCUT2D eigenvalue weighted by atomic mass is 9.99. The molecule has 170 valence electrons. The normalized spacial score (nSPS) is 17.3. The van der Waals surface area contributed by atoms with Gasteiger partial charge < -0.3 is 14.4 Å². The summed E-state index contributed by atoms with van der Waals surface area (Å²) < 4.78 is 35.0. The standard InChI is InChI=1S/C23H27N3O5S/c1-16(2)31-19-3-5-20(6-4-19)32(29,30)26-10-8-17(13-26)11-18-14-25(15-23(27)28)22-12-24-9-7-21(18)22/h3-7,9,12,14,16-17H,8,10-11,13,15H2,1-2H3,(H,27,28). The van der Waals surface area contributed by atoms with Gasteiger partial charge in [0.05, 0.1) is 22.7 Å². The molecule has 4 rings (SSSR count). The van der Waals surface area contributed by atoms with Gasteiger partial charge in [-0.25, -0.2) is 8.42 Å². The molecule has 8 nitrogen and oxygen atoms in total. The van der Waals surface area contributed by atoms with Crippen molar-refractivity contribution in [2.75, 3.05) is 13.1 Å². The lowest BCUT2D eigenvalue weighted by Crippen LogP contribution is -2.29. The Labute approximate surface area is 187 Å². The van der Waals surface area contributed by atoms with E-state index in [0.29, 0.717) is 25.3 Å². The minimum absolute atomic E-state index is 0.0222. The Bertz CT molecular complexity index is 1220. The quantitative estimate of drug-likeness (QED) is 0.558. The van der Waals surface area contributed by atoms with E-state index in [-0.39, 0.29) is 23.5 Å². The van der Waals surface area contributed by atoms with E-state index in [1.54, 1.807) is 41.2 Å². The number of benzene rings is 1. The summed E-state index contributed by atoms with van der Waals surface area (Å²) in [7, 11) is -3.58. The van der Waals surface area contributed by atoms with E-state index in [0.717, 1.165) is 22.9 Å². The van der Waals surface area contributed by atoms with Crippen molar-refractivity contribution in [2.24, 2.45) is 5.92 Å². The number of aromatic nitrogens is 2. The molecule has 0 bridgehead atoms. The van der Waals surface area contributed by atoms with Gasteiger partial charge in [-0.2, -0.15) is 4.31 Å². The molecule has 0 spiro atoms. The van der Waals surface area contributed by atoms with E-state index in [2.05, 4.69) is 4.98 Å². The molecule has 0 saturated carbocycles. The Balaban J connectivity index is 1.48. The third-order valence-electron chi connectivity index (χ3n) is 5.66. The van der Waals surface area contributed by atoms with Crippen molar-refractivity contribution >= 4 is 26.9 Å². The van der Waals surface area contributed by atoms with Crippen molar-refractivity contribution in [3.63, 3.8) is 0 Å². The van der Waals surface area contributed by atoms with Gasteiger partial charge >= 0.3 is 5.97 Å².